The van der Waals surface area contributed by atoms with Crippen molar-refractivity contribution in [1.29, 1.82) is 0 Å². The van der Waals surface area contributed by atoms with Gasteiger partial charge in [-0.1, -0.05) is 39.3 Å². The fraction of sp³-hybridized carbons (Fsp3) is 0.750. The monoisotopic (exact) mass is 318 g/mol. The normalized spacial score (nSPS) is 37.8. The molecule has 4 atom stereocenters. The second-order valence-corrected chi connectivity index (χ2v) is 8.76. The molecule has 0 aromatic rings. The van der Waals surface area contributed by atoms with E-state index in [1.165, 1.54) is 24.8 Å². The number of fused-ring (bicyclic) bond motifs is 1. The van der Waals surface area contributed by atoms with Crippen molar-refractivity contribution in [2.75, 3.05) is 6.61 Å². The van der Waals surface area contributed by atoms with Crippen molar-refractivity contribution < 1.29 is 14.6 Å². The molecule has 0 bridgehead atoms. The Hall–Kier alpha value is -1.09. The molecule has 23 heavy (non-hydrogen) atoms. The molecule has 3 heteroatoms. The lowest BCUT2D eigenvalue weighted by atomic mass is 9.46. The van der Waals surface area contributed by atoms with Crippen LogP contribution in [0.25, 0.3) is 0 Å². The predicted octanol–water partition coefficient (Wildman–Crippen LogP) is 4.02. The number of hydrogen-bond donors (Lipinski definition) is 1. The minimum atomic E-state index is -0.468. The molecule has 1 aliphatic heterocycles. The van der Waals surface area contributed by atoms with Crippen LogP contribution in [0.2, 0.25) is 0 Å². The van der Waals surface area contributed by atoms with Gasteiger partial charge in [-0.3, -0.25) is 0 Å². The second-order valence-electron chi connectivity index (χ2n) is 8.76. The highest BCUT2D eigenvalue weighted by atomic mass is 16.5. The zero-order chi connectivity index (χ0) is 16.8. The molecule has 0 aromatic carbocycles. The number of ether oxygens (including phenoxy) is 1. The van der Waals surface area contributed by atoms with Crippen molar-refractivity contribution in [3.63, 3.8) is 0 Å². The van der Waals surface area contributed by atoms with Crippen LogP contribution in [0.1, 0.15) is 59.3 Å². The van der Waals surface area contributed by atoms with Gasteiger partial charge in [-0.25, -0.2) is 4.79 Å². The molecule has 2 aliphatic carbocycles. The molecule has 1 unspecified atom stereocenters. The molecule has 3 aliphatic rings. The van der Waals surface area contributed by atoms with E-state index in [4.69, 9.17) is 4.74 Å². The van der Waals surface area contributed by atoms with Crippen molar-refractivity contribution in [3.8, 4) is 0 Å². The van der Waals surface area contributed by atoms with Gasteiger partial charge in [0, 0.05) is 12.0 Å². The maximum absolute atomic E-state index is 11.3. The first-order valence-corrected chi connectivity index (χ1v) is 8.96. The Labute approximate surface area is 139 Å². The van der Waals surface area contributed by atoms with Gasteiger partial charge in [0.25, 0.3) is 0 Å². The van der Waals surface area contributed by atoms with Gasteiger partial charge in [0.2, 0.25) is 0 Å². The van der Waals surface area contributed by atoms with E-state index in [1.54, 1.807) is 6.08 Å². The van der Waals surface area contributed by atoms with Crippen LogP contribution in [0.3, 0.4) is 0 Å². The zero-order valence-electron chi connectivity index (χ0n) is 14.7. The fourth-order valence-corrected chi connectivity index (χ4v) is 5.84. The smallest absolute Gasteiger partial charge is 0.331 e. The van der Waals surface area contributed by atoms with Gasteiger partial charge in [0.05, 0.1) is 6.10 Å². The number of hydrogen-bond acceptors (Lipinski definition) is 3. The van der Waals surface area contributed by atoms with E-state index >= 15 is 0 Å². The summed E-state index contributed by atoms with van der Waals surface area (Å²) in [5.41, 5.74) is 2.55. The number of rotatable bonds is 3. The average molecular weight is 318 g/mol. The third-order valence-corrected chi connectivity index (χ3v) is 6.76. The summed E-state index contributed by atoms with van der Waals surface area (Å²) < 4.78 is 4.98. The van der Waals surface area contributed by atoms with Gasteiger partial charge >= 0.3 is 5.97 Å². The molecule has 0 spiro atoms. The number of esters is 1. The molecular weight excluding hydrogens is 288 g/mol. The average Bonchev–Trinajstić information content (AvgIpc) is 2.82. The van der Waals surface area contributed by atoms with Gasteiger partial charge in [0.15, 0.2) is 0 Å². The van der Waals surface area contributed by atoms with Gasteiger partial charge < -0.3 is 9.84 Å². The van der Waals surface area contributed by atoms with Crippen molar-refractivity contribution in [3.05, 3.63) is 23.8 Å². The quantitative estimate of drug-likeness (QED) is 0.631. The van der Waals surface area contributed by atoms with Gasteiger partial charge in [-0.15, -0.1) is 0 Å². The zero-order valence-corrected chi connectivity index (χ0v) is 14.7. The minimum absolute atomic E-state index is 0.112. The molecule has 1 heterocycles. The lowest BCUT2D eigenvalue weighted by Crippen LogP contribution is -2.52. The summed E-state index contributed by atoms with van der Waals surface area (Å²) in [7, 11) is 0. The number of cyclic esters (lactones) is 1. The summed E-state index contributed by atoms with van der Waals surface area (Å²) in [5, 5.41) is 11.0. The third kappa shape index (κ3) is 2.88. The van der Waals surface area contributed by atoms with E-state index in [2.05, 4.69) is 27.4 Å². The molecule has 1 N–H and O–H groups in total. The molecule has 0 saturated heterocycles. The first-order valence-electron chi connectivity index (χ1n) is 8.96. The molecular formula is C20H30O3. The van der Waals surface area contributed by atoms with Gasteiger partial charge in [0.1, 0.15) is 6.61 Å². The number of carbonyl (C=O) groups is 1. The SMILES string of the molecule is C=C1CC[C@H]2C(C)(C)CCC[C@]2(C)[C@H]1C(O)CC1=CC(=O)OC1. The molecule has 0 radical (unpaired) electrons. The fourth-order valence-electron chi connectivity index (χ4n) is 5.84. The number of carbonyl (C=O) groups excluding carboxylic acids is 1. The van der Waals surface area contributed by atoms with Crippen molar-refractivity contribution >= 4 is 5.97 Å². The van der Waals surface area contributed by atoms with E-state index in [9.17, 15) is 9.90 Å². The first kappa shape index (κ1) is 16.8. The largest absolute Gasteiger partial charge is 0.458 e. The molecule has 3 nitrogen and oxygen atoms in total. The van der Waals surface area contributed by atoms with Crippen LogP contribution < -0.4 is 0 Å². The Balaban J connectivity index is 1.84. The Bertz CT molecular complexity index is 545. The number of aliphatic hydroxyl groups excluding tert-OH is 1. The molecule has 2 saturated carbocycles. The summed E-state index contributed by atoms with van der Waals surface area (Å²) >= 11 is 0. The van der Waals surface area contributed by atoms with Crippen LogP contribution in [0.4, 0.5) is 0 Å². The lowest BCUT2D eigenvalue weighted by Gasteiger charge is -2.58. The van der Waals surface area contributed by atoms with Gasteiger partial charge in [-0.2, -0.15) is 0 Å². The summed E-state index contributed by atoms with van der Waals surface area (Å²) in [6.07, 6.45) is 7.46. The Morgan fingerprint density at radius 3 is 2.78 bits per heavy atom. The second kappa shape index (κ2) is 5.77. The van der Waals surface area contributed by atoms with Crippen molar-refractivity contribution in [2.45, 2.75) is 65.4 Å². The van der Waals surface area contributed by atoms with E-state index in [-0.39, 0.29) is 17.3 Å². The maximum Gasteiger partial charge on any atom is 0.331 e. The summed E-state index contributed by atoms with van der Waals surface area (Å²) in [6.45, 7) is 11.8. The van der Waals surface area contributed by atoms with Crippen LogP contribution in [-0.4, -0.2) is 23.8 Å². The molecule has 2 fully saturated rings. The highest BCUT2D eigenvalue weighted by molar-refractivity contribution is 5.85. The van der Waals surface area contributed by atoms with Crippen LogP contribution in [0.5, 0.6) is 0 Å². The standard InChI is InChI=1S/C20H30O3/c1-13-6-7-16-19(2,3)8-5-9-20(16,4)18(13)15(21)10-14-11-17(22)23-12-14/h11,15-16,18,21H,1,5-10,12H2,2-4H3/t15?,16-,18+,20-/m0/s1. The Kier molecular flexibility index (Phi) is 4.20. The summed E-state index contributed by atoms with van der Waals surface area (Å²) in [6, 6.07) is 0. The summed E-state index contributed by atoms with van der Waals surface area (Å²) in [5.74, 6) is 0.472. The van der Waals surface area contributed by atoms with Crippen LogP contribution in [-0.2, 0) is 9.53 Å². The Morgan fingerprint density at radius 2 is 2.13 bits per heavy atom. The van der Waals surface area contributed by atoms with E-state index in [1.807, 2.05) is 0 Å². The van der Waals surface area contributed by atoms with Crippen molar-refractivity contribution in [1.82, 2.24) is 0 Å². The highest BCUT2D eigenvalue weighted by Crippen LogP contribution is 2.61. The molecule has 0 aromatic heterocycles. The van der Waals surface area contributed by atoms with Crippen LogP contribution in [0.15, 0.2) is 23.8 Å². The van der Waals surface area contributed by atoms with E-state index < -0.39 is 6.10 Å². The number of aliphatic hydroxyl groups is 1. The maximum atomic E-state index is 11.3. The first-order chi connectivity index (χ1) is 10.7. The van der Waals surface area contributed by atoms with Crippen molar-refractivity contribution in [2.24, 2.45) is 22.7 Å². The van der Waals surface area contributed by atoms with Crippen LogP contribution >= 0.6 is 0 Å². The molecule has 3 rings (SSSR count). The third-order valence-electron chi connectivity index (χ3n) is 6.76. The van der Waals surface area contributed by atoms with Crippen LogP contribution in [0, 0.1) is 22.7 Å². The topological polar surface area (TPSA) is 46.5 Å². The molecule has 128 valence electrons. The predicted molar refractivity (Wildman–Crippen MR) is 90.8 cm³/mol. The lowest BCUT2D eigenvalue weighted by molar-refractivity contribution is -0.135. The summed E-state index contributed by atoms with van der Waals surface area (Å²) in [4.78, 5) is 11.3. The van der Waals surface area contributed by atoms with E-state index in [0.717, 1.165) is 18.4 Å². The van der Waals surface area contributed by atoms with Gasteiger partial charge in [-0.05, 0) is 54.4 Å². The van der Waals surface area contributed by atoms with E-state index in [0.29, 0.717) is 24.4 Å². The minimum Gasteiger partial charge on any atom is -0.458 e. The molecule has 0 amide bonds. The Morgan fingerprint density at radius 1 is 1.39 bits per heavy atom. The highest BCUT2D eigenvalue weighted by Gasteiger charge is 2.54.